The molecule has 0 spiro atoms. The smallest absolute Gasteiger partial charge is 0.244 e. The highest BCUT2D eigenvalue weighted by atomic mass is 32.1. The van der Waals surface area contributed by atoms with Crippen molar-refractivity contribution in [3.63, 3.8) is 0 Å². The molecule has 1 aromatic heterocycles. The molecule has 0 fully saturated rings. The molecule has 414 valence electrons. The van der Waals surface area contributed by atoms with Gasteiger partial charge in [0.15, 0.2) is 0 Å². The second-order valence-corrected chi connectivity index (χ2v) is 19.9. The maximum Gasteiger partial charge on any atom is 0.244 e. The summed E-state index contributed by atoms with van der Waals surface area (Å²) < 4.78 is 0. The maximum atomic E-state index is 14.8. The van der Waals surface area contributed by atoms with E-state index in [1.54, 1.807) is 38.2 Å². The van der Waals surface area contributed by atoms with E-state index < -0.39 is 108 Å². The molecule has 0 saturated heterocycles. The van der Waals surface area contributed by atoms with Gasteiger partial charge >= 0.3 is 0 Å². The average molecular weight is 1100 g/mol. The van der Waals surface area contributed by atoms with E-state index in [4.69, 9.17) is 17.2 Å². The van der Waals surface area contributed by atoms with Crippen molar-refractivity contribution in [1.29, 1.82) is 0 Å². The highest BCUT2D eigenvalue weighted by Crippen LogP contribution is 2.22. The number of aliphatic hydroxyl groups excluding tert-OH is 1. The lowest BCUT2D eigenvalue weighted by Crippen LogP contribution is -2.62. The number of para-hydroxylation sites is 1. The van der Waals surface area contributed by atoms with Crippen molar-refractivity contribution >= 4 is 94.2 Å². The monoisotopic (exact) mass is 1100 g/mol. The van der Waals surface area contributed by atoms with Crippen LogP contribution in [0.2, 0.25) is 0 Å². The van der Waals surface area contributed by atoms with Crippen molar-refractivity contribution < 1.29 is 48.6 Å². The Labute approximate surface area is 457 Å². The number of carbonyl (C=O) groups excluding carboxylic acids is 8. The van der Waals surface area contributed by atoms with E-state index in [1.165, 1.54) is 19.1 Å². The summed E-state index contributed by atoms with van der Waals surface area (Å²) in [6, 6.07) is 16.1. The first-order chi connectivity index (χ1) is 36.7. The van der Waals surface area contributed by atoms with Gasteiger partial charge in [0.25, 0.3) is 0 Å². The van der Waals surface area contributed by atoms with Crippen LogP contribution < -0.4 is 54.4 Å². The van der Waals surface area contributed by atoms with Crippen LogP contribution >= 0.6 is 25.3 Å². The zero-order chi connectivity index (χ0) is 56.3. The van der Waals surface area contributed by atoms with E-state index in [0.717, 1.165) is 27.2 Å². The molecule has 5 rings (SSSR count). The number of hydrogen-bond donors (Lipinski definition) is 15. The topological polar surface area (TPSA) is 355 Å². The lowest BCUT2D eigenvalue weighted by atomic mass is 9.98. The molecule has 9 atom stereocenters. The molecule has 0 aliphatic heterocycles. The van der Waals surface area contributed by atoms with Crippen LogP contribution in [0.3, 0.4) is 0 Å². The van der Waals surface area contributed by atoms with Crippen molar-refractivity contribution in [2.75, 3.05) is 18.1 Å². The number of benzene rings is 4. The largest absolute Gasteiger partial charge is 0.508 e. The van der Waals surface area contributed by atoms with Gasteiger partial charge < -0.3 is 69.6 Å². The number of phenolic OH excluding ortho intramolecular Hbond substituents is 1. The standard InChI is InChI=1S/C54H71N11O10S2/c1-29(2)45(54(75)63-44(28-77)53(74)65-46(30(3)66)47(57)68)64-49(70)40(17-8-9-22-55)59-51(72)42(25-34-26-58-39-16-7-6-15-37(34)39)61-50(71)41(23-31-18-20-35(67)21-19-31)60-52(73)43(27-76)62-48(69)38(56)24-33-13-10-12-32-11-4-5-14-36(32)33/h4-7,10-16,18-21,26,29-30,38,40-46,58,66-67,76-77H,8-9,17,22-25,27-28,55-56H2,1-3H3,(H2,57,68)(H,59,72)(H,60,73)(H,61,71)(H,62,69)(H,63,75)(H,64,70)(H,65,74)/t30-,38-,40+,41+,42-,43+,44+,45+,46+/m1/s1. The number of amides is 8. The molecule has 4 aromatic carbocycles. The number of nitrogens with two attached hydrogens (primary N) is 3. The molecule has 0 aliphatic rings. The number of fused-ring (bicyclic) bond motifs is 2. The van der Waals surface area contributed by atoms with Crippen LogP contribution in [0.5, 0.6) is 5.75 Å². The summed E-state index contributed by atoms with van der Waals surface area (Å²) in [6.07, 6.45) is 1.11. The van der Waals surface area contributed by atoms with Crippen molar-refractivity contribution in [3.05, 3.63) is 114 Å². The van der Waals surface area contributed by atoms with E-state index in [1.807, 2.05) is 60.7 Å². The van der Waals surface area contributed by atoms with Crippen LogP contribution in [0.25, 0.3) is 21.7 Å². The number of aromatic amines is 1. The van der Waals surface area contributed by atoms with E-state index >= 15 is 0 Å². The first-order valence-electron chi connectivity index (χ1n) is 25.3. The number of rotatable bonds is 29. The van der Waals surface area contributed by atoms with Gasteiger partial charge in [-0.1, -0.05) is 86.6 Å². The lowest BCUT2D eigenvalue weighted by molar-refractivity contribution is -0.136. The quantitative estimate of drug-likeness (QED) is 0.0227. The van der Waals surface area contributed by atoms with Gasteiger partial charge in [0.2, 0.25) is 47.3 Å². The van der Waals surface area contributed by atoms with Gasteiger partial charge in [-0.2, -0.15) is 25.3 Å². The van der Waals surface area contributed by atoms with Gasteiger partial charge in [0.1, 0.15) is 48.0 Å². The minimum Gasteiger partial charge on any atom is -0.508 e. The van der Waals surface area contributed by atoms with Crippen LogP contribution in [0, 0.1) is 5.92 Å². The summed E-state index contributed by atoms with van der Waals surface area (Å²) in [5.74, 6) is -7.51. The van der Waals surface area contributed by atoms with Crippen LogP contribution in [0.1, 0.15) is 56.7 Å². The minimum atomic E-state index is -1.46. The van der Waals surface area contributed by atoms with Gasteiger partial charge in [0, 0.05) is 41.4 Å². The molecule has 1 heterocycles. The molecule has 0 aliphatic carbocycles. The predicted octanol–water partition coefficient (Wildman–Crippen LogP) is 0.286. The van der Waals surface area contributed by atoms with E-state index in [9.17, 15) is 48.6 Å². The third-order valence-corrected chi connectivity index (χ3v) is 13.7. The second kappa shape index (κ2) is 29.4. The van der Waals surface area contributed by atoms with Gasteiger partial charge in [-0.3, -0.25) is 38.4 Å². The van der Waals surface area contributed by atoms with Crippen LogP contribution in [0.4, 0.5) is 0 Å². The molecule has 21 nitrogen and oxygen atoms in total. The molecule has 5 aromatic rings. The number of primary amides is 1. The Morgan fingerprint density at radius 3 is 1.69 bits per heavy atom. The molecule has 0 bridgehead atoms. The zero-order valence-electron chi connectivity index (χ0n) is 43.2. The van der Waals surface area contributed by atoms with E-state index in [0.29, 0.717) is 24.0 Å². The number of aromatic hydroxyl groups is 1. The SMILES string of the molecule is CC(C)[C@H](NC(=O)[C@H](CCCCN)NC(=O)[C@@H](Cc1c[nH]c2ccccc12)NC(=O)[C@H](Cc1ccc(O)cc1)NC(=O)[C@H](CS)NC(=O)[C@H](N)Cc1cccc2ccccc12)C(=O)N[C@@H](CS)C(=O)N[C@H](C(N)=O)[C@@H](C)O. The number of aliphatic hydroxyl groups is 1. The number of nitrogens with one attached hydrogen (secondary N) is 8. The number of phenols is 1. The Kier molecular flexibility index (Phi) is 23.1. The van der Waals surface area contributed by atoms with Crippen LogP contribution in [-0.2, 0) is 57.6 Å². The summed E-state index contributed by atoms with van der Waals surface area (Å²) in [6.45, 7) is 4.81. The Morgan fingerprint density at radius 2 is 1.08 bits per heavy atom. The molecular weight excluding hydrogens is 1030 g/mol. The summed E-state index contributed by atoms with van der Waals surface area (Å²) >= 11 is 8.54. The Hall–Kier alpha value is -7.18. The number of unbranched alkanes of at least 4 members (excludes halogenated alkanes) is 1. The minimum absolute atomic E-state index is 0.0460. The lowest BCUT2D eigenvalue weighted by Gasteiger charge is -2.29. The predicted molar refractivity (Wildman–Crippen MR) is 299 cm³/mol. The molecule has 16 N–H and O–H groups in total. The van der Waals surface area contributed by atoms with Crippen LogP contribution in [-0.4, -0.2) is 135 Å². The summed E-state index contributed by atoms with van der Waals surface area (Å²) in [5, 5.41) is 41.2. The number of H-pyrrole nitrogens is 1. The fourth-order valence-electron chi connectivity index (χ4n) is 8.59. The summed E-state index contributed by atoms with van der Waals surface area (Å²) in [7, 11) is 0. The fraction of sp³-hybridized carbons (Fsp3) is 0.407. The zero-order valence-corrected chi connectivity index (χ0v) is 45.0. The first kappa shape index (κ1) is 60.7. The maximum absolute atomic E-state index is 14.8. The highest BCUT2D eigenvalue weighted by molar-refractivity contribution is 7.80. The molecule has 77 heavy (non-hydrogen) atoms. The fourth-order valence-corrected chi connectivity index (χ4v) is 9.10. The third-order valence-electron chi connectivity index (χ3n) is 12.9. The Bertz CT molecular complexity index is 2840. The molecule has 0 saturated carbocycles. The average Bonchev–Trinajstić information content (AvgIpc) is 3.83. The molecular formula is C54H71N11O10S2. The van der Waals surface area contributed by atoms with Crippen molar-refractivity contribution in [2.45, 2.75) is 114 Å². The highest BCUT2D eigenvalue weighted by Gasteiger charge is 2.36. The van der Waals surface area contributed by atoms with E-state index in [2.05, 4.69) is 67.5 Å². The van der Waals surface area contributed by atoms with Gasteiger partial charge in [-0.15, -0.1) is 0 Å². The second-order valence-electron chi connectivity index (χ2n) is 19.2. The molecule has 0 radical (unpaired) electrons. The van der Waals surface area contributed by atoms with Gasteiger partial charge in [-0.25, -0.2) is 0 Å². The normalized spacial score (nSPS) is 14.9. The van der Waals surface area contributed by atoms with Crippen molar-refractivity contribution in [3.8, 4) is 5.75 Å². The van der Waals surface area contributed by atoms with E-state index in [-0.39, 0.29) is 49.5 Å². The third kappa shape index (κ3) is 17.4. The molecule has 8 amide bonds. The number of hydrogen-bond acceptors (Lipinski definition) is 14. The van der Waals surface area contributed by atoms with Crippen molar-refractivity contribution in [2.24, 2.45) is 23.1 Å². The first-order valence-corrected chi connectivity index (χ1v) is 26.6. The van der Waals surface area contributed by atoms with Gasteiger partial charge in [-0.05, 0) is 90.7 Å². The Balaban J connectivity index is 1.40. The summed E-state index contributed by atoms with van der Waals surface area (Å²) in [5.41, 5.74) is 20.3. The molecule has 23 heteroatoms. The number of aromatic nitrogens is 1. The number of carbonyl (C=O) groups is 8. The molecule has 0 unspecified atom stereocenters. The summed E-state index contributed by atoms with van der Waals surface area (Å²) in [4.78, 5) is 113. The van der Waals surface area contributed by atoms with Crippen molar-refractivity contribution in [1.82, 2.24) is 42.2 Å². The van der Waals surface area contributed by atoms with Gasteiger partial charge in [0.05, 0.1) is 12.1 Å². The Morgan fingerprint density at radius 1 is 0.558 bits per heavy atom. The van der Waals surface area contributed by atoms with Crippen LogP contribution in [0.15, 0.2) is 97.2 Å². The number of thiol groups is 2.